The molecule has 0 aliphatic rings. The lowest BCUT2D eigenvalue weighted by Gasteiger charge is -2.19. The summed E-state index contributed by atoms with van der Waals surface area (Å²) in [7, 11) is 3.45. The molecule has 0 radical (unpaired) electrons. The van der Waals surface area contributed by atoms with Gasteiger partial charge in [0.05, 0.1) is 7.11 Å². The summed E-state index contributed by atoms with van der Waals surface area (Å²) in [6.45, 7) is 5.44. The molecule has 0 unspecified atom stereocenters. The average molecular weight is 281 g/mol. The molecule has 0 aromatic carbocycles. The second kappa shape index (κ2) is 4.77. The number of anilines is 1. The largest absolute Gasteiger partial charge is 0.478 e. The van der Waals surface area contributed by atoms with Crippen LogP contribution >= 0.6 is 11.3 Å². The molecular weight excluding hydrogens is 265 g/mol. The van der Waals surface area contributed by atoms with E-state index in [0.717, 1.165) is 10.4 Å². The fourth-order valence-electron chi connectivity index (χ4n) is 1.58. The molecule has 0 fully saturated rings. The van der Waals surface area contributed by atoms with Gasteiger partial charge in [-0.2, -0.15) is 0 Å². The van der Waals surface area contributed by atoms with E-state index in [1.54, 1.807) is 4.52 Å². The van der Waals surface area contributed by atoms with Gasteiger partial charge in [-0.15, -0.1) is 16.4 Å². The van der Waals surface area contributed by atoms with Crippen LogP contribution in [-0.4, -0.2) is 36.3 Å². The maximum Gasteiger partial charge on any atom is 0.412 e. The smallest absolute Gasteiger partial charge is 0.412 e. The molecule has 19 heavy (non-hydrogen) atoms. The number of hydrogen-bond donors (Lipinski definition) is 1. The Labute approximate surface area is 116 Å². The number of nitrogens with zero attached hydrogens (tertiary/aromatic N) is 2. The first kappa shape index (κ1) is 13.7. The Morgan fingerprint density at radius 2 is 2.21 bits per heavy atom. The Kier molecular flexibility index (Phi) is 3.44. The summed E-state index contributed by atoms with van der Waals surface area (Å²) in [5, 5.41) is 8.93. The number of rotatable bonds is 2. The highest BCUT2D eigenvalue weighted by atomic mass is 32.1. The van der Waals surface area contributed by atoms with Crippen molar-refractivity contribution in [1.29, 1.82) is 0 Å². The first-order valence-corrected chi connectivity index (χ1v) is 6.70. The van der Waals surface area contributed by atoms with Crippen LogP contribution in [-0.2, 0) is 4.74 Å². The van der Waals surface area contributed by atoms with Gasteiger partial charge in [0, 0.05) is 11.0 Å². The maximum atomic E-state index is 11.8. The third-order valence-electron chi connectivity index (χ3n) is 2.31. The van der Waals surface area contributed by atoms with Crippen molar-refractivity contribution >= 4 is 41.4 Å². The van der Waals surface area contributed by atoms with Crippen molar-refractivity contribution in [2.45, 2.75) is 26.4 Å². The highest BCUT2D eigenvalue weighted by molar-refractivity contribution is 7.17. The molecule has 0 saturated carbocycles. The molecule has 0 aliphatic heterocycles. The maximum absolute atomic E-state index is 11.8. The highest BCUT2D eigenvalue weighted by Crippen LogP contribution is 2.31. The van der Waals surface area contributed by atoms with Gasteiger partial charge in [-0.25, -0.2) is 9.31 Å². The summed E-state index contributed by atoms with van der Waals surface area (Å²) < 4.78 is 12.1. The van der Waals surface area contributed by atoms with Gasteiger partial charge < -0.3 is 9.47 Å². The van der Waals surface area contributed by atoms with Crippen LogP contribution in [0.4, 0.5) is 10.5 Å². The number of amides is 1. The van der Waals surface area contributed by atoms with Crippen LogP contribution in [0.2, 0.25) is 0 Å². The van der Waals surface area contributed by atoms with Gasteiger partial charge >= 0.3 is 6.09 Å². The van der Waals surface area contributed by atoms with Crippen molar-refractivity contribution in [2.24, 2.45) is 0 Å². The number of methoxy groups -OCH3 is 1. The molecule has 2 aromatic heterocycles. The van der Waals surface area contributed by atoms with E-state index >= 15 is 0 Å². The molecular formula is C11H16BN3O3S. The quantitative estimate of drug-likeness (QED) is 0.834. The minimum absolute atomic E-state index is 0.376. The predicted octanol–water partition coefficient (Wildman–Crippen LogP) is 1.01. The van der Waals surface area contributed by atoms with Crippen molar-refractivity contribution in [3.8, 4) is 5.88 Å². The van der Waals surface area contributed by atoms with Crippen LogP contribution in [0.1, 0.15) is 20.8 Å². The topological polar surface area (TPSA) is 64.9 Å². The van der Waals surface area contributed by atoms with E-state index in [4.69, 9.17) is 9.47 Å². The van der Waals surface area contributed by atoms with E-state index in [9.17, 15) is 4.79 Å². The van der Waals surface area contributed by atoms with Gasteiger partial charge in [-0.3, -0.25) is 5.32 Å². The minimum Gasteiger partial charge on any atom is -0.478 e. The van der Waals surface area contributed by atoms with E-state index in [-0.39, 0.29) is 0 Å². The van der Waals surface area contributed by atoms with E-state index in [2.05, 4.69) is 10.4 Å². The van der Waals surface area contributed by atoms with Crippen molar-refractivity contribution < 1.29 is 14.3 Å². The Bertz CT molecular complexity index is 614. The molecule has 8 heteroatoms. The number of ether oxygens (including phenoxy) is 2. The van der Waals surface area contributed by atoms with E-state index in [1.807, 2.05) is 34.0 Å². The fourth-order valence-corrected chi connectivity index (χ4v) is 2.50. The number of fused-ring (bicyclic) bond motifs is 1. The summed E-state index contributed by atoms with van der Waals surface area (Å²) in [4.78, 5) is 12.6. The lowest BCUT2D eigenvalue weighted by atomic mass is 10.1. The third-order valence-corrected chi connectivity index (χ3v) is 3.36. The van der Waals surface area contributed by atoms with Crippen LogP contribution in [0, 0.1) is 0 Å². The molecule has 2 aromatic rings. The monoisotopic (exact) mass is 281 g/mol. The Morgan fingerprint density at radius 3 is 2.79 bits per heavy atom. The minimum atomic E-state index is -0.547. The number of carbonyl (C=O) groups excluding carboxylic acids is 1. The van der Waals surface area contributed by atoms with Gasteiger partial charge in [0.25, 0.3) is 5.88 Å². The zero-order chi connectivity index (χ0) is 14.2. The molecule has 2 rings (SSSR count). The molecule has 1 amide bonds. The van der Waals surface area contributed by atoms with E-state index in [0.29, 0.717) is 11.6 Å². The van der Waals surface area contributed by atoms with Crippen LogP contribution in [0.15, 0.2) is 5.38 Å². The summed E-state index contributed by atoms with van der Waals surface area (Å²) in [6, 6.07) is 0. The number of carbonyl (C=O) groups is 1. The van der Waals surface area contributed by atoms with Crippen molar-refractivity contribution in [1.82, 2.24) is 9.61 Å². The van der Waals surface area contributed by atoms with Gasteiger partial charge in [-0.05, 0) is 20.8 Å². The summed E-state index contributed by atoms with van der Waals surface area (Å²) in [5.74, 6) is 0.376. The lowest BCUT2D eigenvalue weighted by molar-refractivity contribution is 0.0635. The third kappa shape index (κ3) is 2.84. The predicted molar refractivity (Wildman–Crippen MR) is 77.7 cm³/mol. The second-order valence-corrected chi connectivity index (χ2v) is 5.96. The lowest BCUT2D eigenvalue weighted by Crippen LogP contribution is -2.27. The van der Waals surface area contributed by atoms with Crippen molar-refractivity contribution in [3.05, 3.63) is 5.38 Å². The molecule has 0 spiro atoms. The highest BCUT2D eigenvalue weighted by Gasteiger charge is 2.22. The molecule has 2 heterocycles. The van der Waals surface area contributed by atoms with Crippen molar-refractivity contribution in [3.63, 3.8) is 0 Å². The Hall–Kier alpha value is -1.70. The summed E-state index contributed by atoms with van der Waals surface area (Å²) in [6.07, 6.45) is -0.522. The molecule has 6 nitrogen and oxygen atoms in total. The fraction of sp³-hybridized carbons (Fsp3) is 0.455. The van der Waals surface area contributed by atoms with Crippen molar-refractivity contribution in [2.75, 3.05) is 12.4 Å². The van der Waals surface area contributed by atoms with Crippen LogP contribution in [0.3, 0.4) is 0 Å². The number of hydrogen-bond acceptors (Lipinski definition) is 5. The normalized spacial score (nSPS) is 11.6. The molecule has 1 N–H and O–H groups in total. The van der Waals surface area contributed by atoms with Crippen LogP contribution in [0.25, 0.3) is 4.83 Å². The first-order chi connectivity index (χ1) is 8.81. The molecule has 0 saturated heterocycles. The van der Waals surface area contributed by atoms with Gasteiger partial charge in [0.15, 0.2) is 7.85 Å². The van der Waals surface area contributed by atoms with Crippen LogP contribution < -0.4 is 15.6 Å². The Balaban J connectivity index is 2.31. The Morgan fingerprint density at radius 1 is 1.53 bits per heavy atom. The number of nitrogens with one attached hydrogen (secondary N) is 1. The van der Waals surface area contributed by atoms with E-state index in [1.165, 1.54) is 18.4 Å². The standard InChI is InChI=1S/C11H16BN3O3S/c1-11(2,3)18-10(16)13-7-8(17-4)14-15-6(12)5-19-9(7)15/h5H,12H2,1-4H3,(H,13,16). The van der Waals surface area contributed by atoms with Gasteiger partial charge in [-0.1, -0.05) is 0 Å². The molecule has 0 atom stereocenters. The van der Waals surface area contributed by atoms with Gasteiger partial charge in [0.1, 0.15) is 16.1 Å². The SMILES string of the molecule is Bc1csc2c(NC(=O)OC(C)(C)C)c(OC)nn12. The van der Waals surface area contributed by atoms with E-state index < -0.39 is 11.7 Å². The van der Waals surface area contributed by atoms with Crippen LogP contribution in [0.5, 0.6) is 5.88 Å². The zero-order valence-electron chi connectivity index (χ0n) is 11.6. The number of aromatic nitrogens is 2. The zero-order valence-corrected chi connectivity index (χ0v) is 12.4. The number of thiazole rings is 1. The molecule has 0 bridgehead atoms. The average Bonchev–Trinajstić information content (AvgIpc) is 2.78. The molecule has 0 aliphatic carbocycles. The second-order valence-electron chi connectivity index (χ2n) is 5.11. The summed E-state index contributed by atoms with van der Waals surface area (Å²) in [5.41, 5.74) is 0.972. The van der Waals surface area contributed by atoms with Gasteiger partial charge in [0.2, 0.25) is 0 Å². The molecule has 102 valence electrons. The summed E-state index contributed by atoms with van der Waals surface area (Å²) >= 11 is 1.49. The first-order valence-electron chi connectivity index (χ1n) is 5.82.